The van der Waals surface area contributed by atoms with Crippen molar-refractivity contribution in [2.75, 3.05) is 7.11 Å². The van der Waals surface area contributed by atoms with Gasteiger partial charge in [0.25, 0.3) is 0 Å². The second-order valence-electron chi connectivity index (χ2n) is 2.94. The summed E-state index contributed by atoms with van der Waals surface area (Å²) in [5.74, 6) is -1.24. The highest BCUT2D eigenvalue weighted by molar-refractivity contribution is 6.01. The lowest BCUT2D eigenvalue weighted by molar-refractivity contribution is 0.0693. The van der Waals surface area contributed by atoms with Crippen LogP contribution in [0.25, 0.3) is 11.0 Å². The molecule has 0 aliphatic heterocycles. The van der Waals surface area contributed by atoms with Crippen LogP contribution >= 0.6 is 0 Å². The third kappa shape index (κ3) is 1.28. The second-order valence-corrected chi connectivity index (χ2v) is 2.94. The van der Waals surface area contributed by atoms with Crippen LogP contribution in [0, 0.1) is 0 Å². The van der Waals surface area contributed by atoms with Gasteiger partial charge in [-0.1, -0.05) is 0 Å². The third-order valence-electron chi connectivity index (χ3n) is 2.13. The number of rotatable bonds is 2. The first-order chi connectivity index (χ1) is 7.15. The maximum atomic E-state index is 10.8. The fraction of sp³-hybridized carbons (Fsp3) is 0.100. The lowest BCUT2D eigenvalue weighted by Gasteiger charge is -2.05. The van der Waals surface area contributed by atoms with Crippen LogP contribution in [0.4, 0.5) is 0 Å². The van der Waals surface area contributed by atoms with E-state index in [2.05, 4.69) is 0 Å². The summed E-state index contributed by atoms with van der Waals surface area (Å²) in [6.07, 6.45) is 1.36. The van der Waals surface area contributed by atoms with E-state index >= 15 is 0 Å². The minimum Gasteiger partial charge on any atom is -0.506 e. The minimum atomic E-state index is -1.21. The lowest BCUT2D eigenvalue weighted by Crippen LogP contribution is -1.98. The fourth-order valence-corrected chi connectivity index (χ4v) is 1.41. The highest BCUT2D eigenvalue weighted by Crippen LogP contribution is 2.36. The van der Waals surface area contributed by atoms with Crippen LogP contribution in [-0.2, 0) is 0 Å². The Hall–Kier alpha value is -2.17. The van der Waals surface area contributed by atoms with E-state index in [0.29, 0.717) is 11.0 Å². The molecule has 1 heterocycles. The van der Waals surface area contributed by atoms with Crippen molar-refractivity contribution >= 4 is 16.9 Å². The van der Waals surface area contributed by atoms with Crippen molar-refractivity contribution in [1.29, 1.82) is 0 Å². The Kier molecular flexibility index (Phi) is 2.00. The smallest absolute Gasteiger partial charge is 0.339 e. The number of hydrogen-bond acceptors (Lipinski definition) is 4. The minimum absolute atomic E-state index is 0.208. The molecule has 0 bridgehead atoms. The van der Waals surface area contributed by atoms with Gasteiger partial charge in [0.05, 0.1) is 18.8 Å². The summed E-state index contributed by atoms with van der Waals surface area (Å²) in [6, 6.07) is 2.71. The summed E-state index contributed by atoms with van der Waals surface area (Å²) < 4.78 is 10.0. The predicted octanol–water partition coefficient (Wildman–Crippen LogP) is 1.85. The number of aromatic carboxylic acids is 1. The van der Waals surface area contributed by atoms with Crippen molar-refractivity contribution in [3.05, 3.63) is 24.0 Å². The molecule has 0 aliphatic rings. The Morgan fingerprint density at radius 1 is 1.53 bits per heavy atom. The van der Waals surface area contributed by atoms with E-state index in [4.69, 9.17) is 14.3 Å². The number of carboxylic acids is 1. The molecule has 0 saturated heterocycles. The quantitative estimate of drug-likeness (QED) is 0.787. The molecule has 1 aromatic carbocycles. The van der Waals surface area contributed by atoms with Gasteiger partial charge < -0.3 is 19.4 Å². The fourth-order valence-electron chi connectivity index (χ4n) is 1.41. The van der Waals surface area contributed by atoms with Gasteiger partial charge in [0.1, 0.15) is 11.3 Å². The molecule has 0 aliphatic carbocycles. The number of carboxylic acid groups (broad SMARTS) is 1. The topological polar surface area (TPSA) is 79.9 Å². The van der Waals surface area contributed by atoms with Gasteiger partial charge in [-0.3, -0.25) is 0 Å². The van der Waals surface area contributed by atoms with E-state index in [-0.39, 0.29) is 17.1 Å². The molecule has 15 heavy (non-hydrogen) atoms. The number of aromatic hydroxyl groups is 1. The van der Waals surface area contributed by atoms with Crippen LogP contribution in [0.2, 0.25) is 0 Å². The Labute approximate surface area is 84.5 Å². The Balaban J connectivity index is 2.84. The molecule has 0 amide bonds. The number of benzene rings is 1. The first kappa shape index (κ1) is 9.39. The number of furan rings is 1. The highest BCUT2D eigenvalue weighted by Gasteiger charge is 2.18. The van der Waals surface area contributed by atoms with E-state index in [1.54, 1.807) is 0 Å². The molecule has 0 fully saturated rings. The Morgan fingerprint density at radius 3 is 2.87 bits per heavy atom. The molecule has 5 heteroatoms. The van der Waals surface area contributed by atoms with E-state index in [1.165, 1.54) is 25.5 Å². The van der Waals surface area contributed by atoms with Crippen LogP contribution in [-0.4, -0.2) is 23.3 Å². The summed E-state index contributed by atoms with van der Waals surface area (Å²) in [5.41, 5.74) is 0.126. The molecule has 0 radical (unpaired) electrons. The molecular weight excluding hydrogens is 200 g/mol. The number of phenols is 1. The number of carbonyl (C=O) groups is 1. The van der Waals surface area contributed by atoms with Crippen molar-refractivity contribution in [3.63, 3.8) is 0 Å². The Bertz CT molecular complexity index is 526. The molecule has 0 spiro atoms. The van der Waals surface area contributed by atoms with Gasteiger partial charge in [-0.2, -0.15) is 0 Å². The lowest BCUT2D eigenvalue weighted by atomic mass is 10.1. The maximum absolute atomic E-state index is 10.8. The predicted molar refractivity (Wildman–Crippen MR) is 51.4 cm³/mol. The van der Waals surface area contributed by atoms with Gasteiger partial charge in [-0.25, -0.2) is 4.79 Å². The van der Waals surface area contributed by atoms with Crippen molar-refractivity contribution in [3.8, 4) is 11.5 Å². The summed E-state index contributed by atoms with van der Waals surface area (Å²) in [7, 11) is 1.40. The van der Waals surface area contributed by atoms with Crippen LogP contribution in [0.5, 0.6) is 11.5 Å². The maximum Gasteiger partial charge on any atom is 0.339 e. The van der Waals surface area contributed by atoms with E-state index in [0.717, 1.165) is 0 Å². The van der Waals surface area contributed by atoms with Crippen LogP contribution in [0.1, 0.15) is 10.4 Å². The first-order valence-electron chi connectivity index (χ1n) is 4.15. The zero-order valence-electron chi connectivity index (χ0n) is 7.85. The summed E-state index contributed by atoms with van der Waals surface area (Å²) >= 11 is 0. The van der Waals surface area contributed by atoms with Gasteiger partial charge in [-0.15, -0.1) is 0 Å². The number of methoxy groups -OCH3 is 1. The van der Waals surface area contributed by atoms with Crippen LogP contribution in [0.3, 0.4) is 0 Å². The molecule has 1 aromatic heterocycles. The van der Waals surface area contributed by atoms with Gasteiger partial charge in [0.15, 0.2) is 11.3 Å². The largest absolute Gasteiger partial charge is 0.506 e. The molecule has 0 saturated carbocycles. The van der Waals surface area contributed by atoms with E-state index in [1.807, 2.05) is 0 Å². The van der Waals surface area contributed by atoms with Gasteiger partial charge >= 0.3 is 5.97 Å². The van der Waals surface area contributed by atoms with Crippen molar-refractivity contribution < 1.29 is 24.2 Å². The average Bonchev–Trinajstić information content (AvgIpc) is 2.67. The Morgan fingerprint density at radius 2 is 2.27 bits per heavy atom. The second kappa shape index (κ2) is 3.20. The van der Waals surface area contributed by atoms with Crippen molar-refractivity contribution in [2.24, 2.45) is 0 Å². The first-order valence-corrected chi connectivity index (χ1v) is 4.15. The summed E-state index contributed by atoms with van der Waals surface area (Å²) in [6.45, 7) is 0. The van der Waals surface area contributed by atoms with Crippen molar-refractivity contribution in [2.45, 2.75) is 0 Å². The van der Waals surface area contributed by atoms with Crippen molar-refractivity contribution in [1.82, 2.24) is 0 Å². The molecule has 2 rings (SSSR count). The average molecular weight is 208 g/mol. The SMILES string of the molecule is COc1cc(C(=O)O)c(O)c2ccoc12. The summed E-state index contributed by atoms with van der Waals surface area (Å²) in [4.78, 5) is 10.8. The van der Waals surface area contributed by atoms with Gasteiger partial charge in [0.2, 0.25) is 0 Å². The molecule has 78 valence electrons. The molecular formula is C10H8O5. The normalized spacial score (nSPS) is 10.5. The number of fused-ring (bicyclic) bond motifs is 1. The van der Waals surface area contributed by atoms with Crippen LogP contribution < -0.4 is 4.74 Å². The monoisotopic (exact) mass is 208 g/mol. The number of hydrogen-bond donors (Lipinski definition) is 2. The zero-order valence-corrected chi connectivity index (χ0v) is 7.85. The van der Waals surface area contributed by atoms with Crippen LogP contribution in [0.15, 0.2) is 22.8 Å². The number of ether oxygens (including phenoxy) is 1. The molecule has 5 nitrogen and oxygen atoms in total. The van der Waals surface area contributed by atoms with E-state index in [9.17, 15) is 9.90 Å². The third-order valence-corrected chi connectivity index (χ3v) is 2.13. The van der Waals surface area contributed by atoms with Gasteiger partial charge in [-0.05, 0) is 6.07 Å². The molecule has 2 N–H and O–H groups in total. The summed E-state index contributed by atoms with van der Waals surface area (Å²) in [5, 5.41) is 18.8. The van der Waals surface area contributed by atoms with E-state index < -0.39 is 5.97 Å². The standard InChI is InChI=1S/C10H8O5/c1-14-7-4-6(10(12)13)8(11)5-2-3-15-9(5)7/h2-4,11H,1H3,(H,12,13). The van der Waals surface area contributed by atoms with Gasteiger partial charge in [0, 0.05) is 6.07 Å². The highest BCUT2D eigenvalue weighted by atomic mass is 16.5. The molecule has 0 atom stereocenters. The molecule has 2 aromatic rings. The molecule has 0 unspecified atom stereocenters. The zero-order chi connectivity index (χ0) is 11.0.